The van der Waals surface area contributed by atoms with Crippen LogP contribution in [0.25, 0.3) is 5.69 Å². The van der Waals surface area contributed by atoms with Crippen molar-refractivity contribution in [2.24, 2.45) is 0 Å². The summed E-state index contributed by atoms with van der Waals surface area (Å²) in [5.41, 5.74) is 0.237. The van der Waals surface area contributed by atoms with Gasteiger partial charge in [0.05, 0.1) is 5.69 Å². The monoisotopic (exact) mass is 408 g/mol. The highest BCUT2D eigenvalue weighted by Crippen LogP contribution is 2.32. The number of rotatable bonds is 3. The lowest BCUT2D eigenvalue weighted by molar-refractivity contribution is -0.122. The number of nitrogens with zero attached hydrogens (tertiary/aromatic N) is 2. The Morgan fingerprint density at radius 3 is 2.73 bits per heavy atom. The van der Waals surface area contributed by atoms with Gasteiger partial charge >= 0.3 is 0 Å². The second-order valence-corrected chi connectivity index (χ2v) is 6.78. The fourth-order valence-corrected chi connectivity index (χ4v) is 3.05. The molecule has 3 aromatic rings. The molecule has 0 saturated carbocycles. The molecule has 0 bridgehead atoms. The number of ether oxygens (including phenoxy) is 1. The molecule has 0 aliphatic carbocycles. The van der Waals surface area contributed by atoms with Crippen LogP contribution >= 0.6 is 0 Å². The van der Waals surface area contributed by atoms with Gasteiger partial charge in [0.2, 0.25) is 5.43 Å². The summed E-state index contributed by atoms with van der Waals surface area (Å²) in [6, 6.07) is 11.8. The van der Waals surface area contributed by atoms with Gasteiger partial charge in [0, 0.05) is 17.4 Å². The van der Waals surface area contributed by atoms with Crippen molar-refractivity contribution in [2.45, 2.75) is 20.0 Å². The van der Waals surface area contributed by atoms with E-state index in [-0.39, 0.29) is 11.6 Å². The van der Waals surface area contributed by atoms with Crippen LogP contribution in [0.3, 0.4) is 0 Å². The summed E-state index contributed by atoms with van der Waals surface area (Å²) in [7, 11) is 0. The first kappa shape index (κ1) is 19.3. The standard InChI is InChI=1S/C21H17FN4O4/c1-11-9-17(27)19(25-26(11)16-6-4-3-5-14(16)22)21(29)23-13-7-8-18-15(10-13)24-20(28)12(2)30-18/h3-10,12H,1-2H3,(H,23,29)(H,24,28)/t12-/m1/s1. The van der Waals surface area contributed by atoms with Crippen LogP contribution < -0.4 is 20.8 Å². The number of fused-ring (bicyclic) bond motifs is 1. The highest BCUT2D eigenvalue weighted by molar-refractivity contribution is 6.04. The molecule has 0 radical (unpaired) electrons. The number of aromatic nitrogens is 2. The lowest BCUT2D eigenvalue weighted by Gasteiger charge is -2.23. The minimum Gasteiger partial charge on any atom is -0.479 e. The van der Waals surface area contributed by atoms with Crippen molar-refractivity contribution >= 4 is 23.2 Å². The third-order valence-corrected chi connectivity index (χ3v) is 4.57. The molecule has 9 heteroatoms. The van der Waals surface area contributed by atoms with Crippen molar-refractivity contribution in [3.05, 3.63) is 76.0 Å². The van der Waals surface area contributed by atoms with E-state index in [1.807, 2.05) is 0 Å². The molecule has 2 N–H and O–H groups in total. The van der Waals surface area contributed by atoms with E-state index in [4.69, 9.17) is 4.74 Å². The third-order valence-electron chi connectivity index (χ3n) is 4.57. The zero-order valence-electron chi connectivity index (χ0n) is 16.1. The first-order valence-corrected chi connectivity index (χ1v) is 9.12. The average molecular weight is 408 g/mol. The highest BCUT2D eigenvalue weighted by Gasteiger charge is 2.24. The van der Waals surface area contributed by atoms with E-state index in [1.165, 1.54) is 35.0 Å². The number of hydrogen-bond acceptors (Lipinski definition) is 5. The fourth-order valence-electron chi connectivity index (χ4n) is 3.05. The van der Waals surface area contributed by atoms with Crippen LogP contribution in [0.2, 0.25) is 0 Å². The zero-order valence-corrected chi connectivity index (χ0v) is 16.1. The molecule has 152 valence electrons. The summed E-state index contributed by atoms with van der Waals surface area (Å²) >= 11 is 0. The number of carbonyl (C=O) groups is 2. The quantitative estimate of drug-likeness (QED) is 0.694. The molecule has 0 saturated heterocycles. The molecule has 1 aliphatic rings. The highest BCUT2D eigenvalue weighted by atomic mass is 19.1. The largest absolute Gasteiger partial charge is 0.479 e. The van der Waals surface area contributed by atoms with Gasteiger partial charge in [-0.3, -0.25) is 14.4 Å². The number of benzene rings is 2. The molecule has 30 heavy (non-hydrogen) atoms. The summed E-state index contributed by atoms with van der Waals surface area (Å²) in [5, 5.41) is 9.32. The van der Waals surface area contributed by atoms with E-state index >= 15 is 0 Å². The van der Waals surface area contributed by atoms with Gasteiger partial charge in [0.25, 0.3) is 11.8 Å². The lowest BCUT2D eigenvalue weighted by Crippen LogP contribution is -2.34. The molecule has 0 fully saturated rings. The molecule has 1 aliphatic heterocycles. The van der Waals surface area contributed by atoms with Gasteiger partial charge in [-0.2, -0.15) is 5.10 Å². The van der Waals surface area contributed by atoms with Crippen LogP contribution in [0.4, 0.5) is 15.8 Å². The Morgan fingerprint density at radius 2 is 1.97 bits per heavy atom. The average Bonchev–Trinajstić information content (AvgIpc) is 2.70. The number of carbonyl (C=O) groups excluding carboxylic acids is 2. The Hall–Kier alpha value is -4.01. The SMILES string of the molecule is Cc1cc(=O)c(C(=O)Nc2ccc3c(c2)NC(=O)[C@@H](C)O3)nn1-c1ccccc1F. The van der Waals surface area contributed by atoms with Gasteiger partial charge in [-0.05, 0) is 44.2 Å². The molecule has 1 atom stereocenters. The van der Waals surface area contributed by atoms with Crippen LogP contribution in [0.15, 0.2) is 53.3 Å². The van der Waals surface area contributed by atoms with E-state index in [0.717, 1.165) is 0 Å². The van der Waals surface area contributed by atoms with Gasteiger partial charge in [0.15, 0.2) is 11.8 Å². The van der Waals surface area contributed by atoms with Gasteiger partial charge in [-0.25, -0.2) is 9.07 Å². The Morgan fingerprint density at radius 1 is 1.20 bits per heavy atom. The molecular weight excluding hydrogens is 391 g/mol. The van der Waals surface area contributed by atoms with Crippen LogP contribution in [0.5, 0.6) is 5.75 Å². The first-order chi connectivity index (χ1) is 14.3. The van der Waals surface area contributed by atoms with Crippen LogP contribution in [0.1, 0.15) is 23.1 Å². The summed E-state index contributed by atoms with van der Waals surface area (Å²) in [6.45, 7) is 3.22. The predicted octanol–water partition coefficient (Wildman–Crippen LogP) is 2.65. The van der Waals surface area contributed by atoms with Crippen LogP contribution in [-0.2, 0) is 4.79 Å². The Kier molecular flexibility index (Phi) is 4.78. The number of halogens is 1. The number of hydrogen-bond donors (Lipinski definition) is 2. The van der Waals surface area contributed by atoms with Crippen molar-refractivity contribution in [1.29, 1.82) is 0 Å². The maximum absolute atomic E-state index is 14.2. The Bertz CT molecular complexity index is 1240. The summed E-state index contributed by atoms with van der Waals surface area (Å²) in [4.78, 5) is 36.8. The molecule has 4 rings (SSSR count). The topological polar surface area (TPSA) is 102 Å². The number of para-hydroxylation sites is 1. The zero-order chi connectivity index (χ0) is 21.4. The molecule has 2 heterocycles. The first-order valence-electron chi connectivity index (χ1n) is 9.12. The molecule has 0 spiro atoms. The Labute approximate surface area is 170 Å². The van der Waals surface area contributed by atoms with E-state index in [2.05, 4.69) is 15.7 Å². The number of amides is 2. The minimum absolute atomic E-state index is 0.117. The van der Waals surface area contributed by atoms with Gasteiger partial charge < -0.3 is 15.4 Å². The second-order valence-electron chi connectivity index (χ2n) is 6.78. The van der Waals surface area contributed by atoms with Crippen molar-refractivity contribution < 1.29 is 18.7 Å². The number of anilines is 2. The van der Waals surface area contributed by atoms with Crippen molar-refractivity contribution in [3.63, 3.8) is 0 Å². The lowest BCUT2D eigenvalue weighted by atomic mass is 10.2. The molecular formula is C21H17FN4O4. The molecule has 2 aromatic carbocycles. The van der Waals surface area contributed by atoms with E-state index < -0.39 is 29.0 Å². The number of nitrogens with one attached hydrogen (secondary N) is 2. The van der Waals surface area contributed by atoms with Crippen LogP contribution in [-0.4, -0.2) is 27.7 Å². The van der Waals surface area contributed by atoms with Gasteiger partial charge in [0.1, 0.15) is 17.3 Å². The van der Waals surface area contributed by atoms with Gasteiger partial charge in [-0.15, -0.1) is 0 Å². The molecule has 1 aromatic heterocycles. The van der Waals surface area contributed by atoms with Crippen molar-refractivity contribution in [2.75, 3.05) is 10.6 Å². The second kappa shape index (κ2) is 7.43. The number of aryl methyl sites for hydroxylation is 1. The predicted molar refractivity (Wildman–Crippen MR) is 108 cm³/mol. The van der Waals surface area contributed by atoms with Crippen LogP contribution in [0, 0.1) is 12.7 Å². The van der Waals surface area contributed by atoms with E-state index in [1.54, 1.807) is 32.0 Å². The molecule has 0 unspecified atom stereocenters. The maximum Gasteiger partial charge on any atom is 0.280 e. The summed E-state index contributed by atoms with van der Waals surface area (Å²) < 4.78 is 20.8. The maximum atomic E-state index is 14.2. The smallest absolute Gasteiger partial charge is 0.280 e. The summed E-state index contributed by atoms with van der Waals surface area (Å²) in [5.74, 6) is -1.14. The fraction of sp³-hybridized carbons (Fsp3) is 0.143. The van der Waals surface area contributed by atoms with Crippen molar-refractivity contribution in [1.82, 2.24) is 9.78 Å². The van der Waals surface area contributed by atoms with Crippen molar-refractivity contribution in [3.8, 4) is 11.4 Å². The van der Waals surface area contributed by atoms with Gasteiger partial charge in [-0.1, -0.05) is 12.1 Å². The summed E-state index contributed by atoms with van der Waals surface area (Å²) in [6.07, 6.45) is -0.619. The van der Waals surface area contributed by atoms with E-state index in [0.29, 0.717) is 22.8 Å². The Balaban J connectivity index is 1.65. The molecule has 2 amide bonds. The molecule has 8 nitrogen and oxygen atoms in total. The van der Waals surface area contributed by atoms with E-state index in [9.17, 15) is 18.8 Å². The normalized spacial score (nSPS) is 15.0. The third kappa shape index (κ3) is 3.52. The minimum atomic E-state index is -0.763.